The number of carbonyl (C=O) groups excluding carboxylic acids is 1. The van der Waals surface area contributed by atoms with Gasteiger partial charge in [0.25, 0.3) is 0 Å². The molecular formula is C34H28O5. The van der Waals surface area contributed by atoms with Crippen molar-refractivity contribution in [3.8, 4) is 5.75 Å². The van der Waals surface area contributed by atoms with Crippen LogP contribution in [0.25, 0.3) is 0 Å². The largest absolute Gasteiger partial charge is 0.489 e. The van der Waals surface area contributed by atoms with Crippen molar-refractivity contribution in [2.75, 3.05) is 6.61 Å². The Kier molecular flexibility index (Phi) is 7.80. The summed E-state index contributed by atoms with van der Waals surface area (Å²) in [6.45, 7) is -0.0305. The van der Waals surface area contributed by atoms with Gasteiger partial charge in [-0.05, 0) is 35.4 Å². The summed E-state index contributed by atoms with van der Waals surface area (Å²) < 4.78 is 12.6. The Balaban J connectivity index is 1.45. The molecule has 1 aliphatic carbocycles. The lowest BCUT2D eigenvalue weighted by atomic mass is 9.88. The minimum absolute atomic E-state index is 0.00914. The number of hydrogen-bond acceptors (Lipinski definition) is 4. The summed E-state index contributed by atoms with van der Waals surface area (Å²) in [5.74, 6) is -0.859. The van der Waals surface area contributed by atoms with Crippen LogP contribution in [0.3, 0.4) is 0 Å². The number of carboxylic acid groups (broad SMARTS) is 1. The molecule has 5 nitrogen and oxygen atoms in total. The molecule has 194 valence electrons. The fraction of sp³-hybridized carbons (Fsp3) is 0.118. The van der Waals surface area contributed by atoms with E-state index in [4.69, 9.17) is 9.47 Å². The maximum atomic E-state index is 13.2. The van der Waals surface area contributed by atoms with Gasteiger partial charge in [0.1, 0.15) is 18.0 Å². The summed E-state index contributed by atoms with van der Waals surface area (Å²) in [7, 11) is 0. The number of aliphatic carboxylic acids is 1. The van der Waals surface area contributed by atoms with Crippen LogP contribution in [0.2, 0.25) is 0 Å². The van der Waals surface area contributed by atoms with Gasteiger partial charge >= 0.3 is 5.97 Å². The van der Waals surface area contributed by atoms with E-state index in [-0.39, 0.29) is 18.3 Å². The third kappa shape index (κ3) is 6.06. The number of allylic oxidation sites excluding steroid dienone is 2. The highest BCUT2D eigenvalue weighted by molar-refractivity contribution is 6.10. The van der Waals surface area contributed by atoms with Gasteiger partial charge in [-0.3, -0.25) is 4.79 Å². The lowest BCUT2D eigenvalue weighted by molar-refractivity contribution is -0.159. The molecule has 1 aliphatic rings. The van der Waals surface area contributed by atoms with Crippen LogP contribution in [-0.2, 0) is 9.53 Å². The summed E-state index contributed by atoms with van der Waals surface area (Å²) in [5, 5.41) is 10.1. The first-order chi connectivity index (χ1) is 19.0. The molecule has 0 bridgehead atoms. The van der Waals surface area contributed by atoms with E-state index in [0.29, 0.717) is 22.4 Å². The van der Waals surface area contributed by atoms with Crippen molar-refractivity contribution >= 4 is 11.8 Å². The lowest BCUT2D eigenvalue weighted by Gasteiger charge is -2.34. The number of benzene rings is 4. The number of rotatable bonds is 10. The SMILES string of the molecule is O=C(c1ccccc1)c1ccccc1OCC1(OC(C(=O)O)c2ccccc2)C=CC(c2ccccc2)C=C1. The summed E-state index contributed by atoms with van der Waals surface area (Å²) >= 11 is 0. The normalized spacial score (nSPS) is 18.8. The van der Waals surface area contributed by atoms with Crippen LogP contribution < -0.4 is 4.74 Å². The van der Waals surface area contributed by atoms with Crippen molar-refractivity contribution in [2.24, 2.45) is 0 Å². The van der Waals surface area contributed by atoms with E-state index in [9.17, 15) is 14.7 Å². The molecule has 5 heteroatoms. The maximum Gasteiger partial charge on any atom is 0.337 e. The van der Waals surface area contributed by atoms with Gasteiger partial charge in [-0.1, -0.05) is 115 Å². The highest BCUT2D eigenvalue weighted by Gasteiger charge is 2.36. The second kappa shape index (κ2) is 11.8. The average Bonchev–Trinajstić information content (AvgIpc) is 3.00. The summed E-state index contributed by atoms with van der Waals surface area (Å²) in [6.07, 6.45) is 6.46. The molecule has 0 saturated heterocycles. The Morgan fingerprint density at radius 3 is 1.95 bits per heavy atom. The quantitative estimate of drug-likeness (QED) is 0.186. The fourth-order valence-corrected chi connectivity index (χ4v) is 4.58. The van der Waals surface area contributed by atoms with E-state index in [0.717, 1.165) is 5.56 Å². The van der Waals surface area contributed by atoms with Gasteiger partial charge in [0.15, 0.2) is 11.9 Å². The van der Waals surface area contributed by atoms with E-state index in [1.54, 1.807) is 60.7 Å². The van der Waals surface area contributed by atoms with Crippen LogP contribution in [0.1, 0.15) is 39.1 Å². The monoisotopic (exact) mass is 516 g/mol. The van der Waals surface area contributed by atoms with Gasteiger partial charge in [0, 0.05) is 11.5 Å². The third-order valence-electron chi connectivity index (χ3n) is 6.64. The number of carboxylic acids is 1. The molecule has 1 atom stereocenters. The molecule has 1 unspecified atom stereocenters. The average molecular weight is 517 g/mol. The first kappa shape index (κ1) is 25.9. The zero-order valence-electron chi connectivity index (χ0n) is 21.2. The lowest BCUT2D eigenvalue weighted by Crippen LogP contribution is -2.40. The molecule has 0 aromatic heterocycles. The van der Waals surface area contributed by atoms with Crippen molar-refractivity contribution in [2.45, 2.75) is 17.6 Å². The molecule has 0 aliphatic heterocycles. The van der Waals surface area contributed by atoms with Gasteiger partial charge in [-0.15, -0.1) is 0 Å². The Bertz CT molecular complexity index is 1460. The van der Waals surface area contributed by atoms with Crippen molar-refractivity contribution in [1.29, 1.82) is 0 Å². The van der Waals surface area contributed by atoms with Crippen LogP contribution in [-0.4, -0.2) is 29.1 Å². The molecule has 0 radical (unpaired) electrons. The van der Waals surface area contributed by atoms with E-state index < -0.39 is 17.7 Å². The van der Waals surface area contributed by atoms with Crippen LogP contribution in [0.15, 0.2) is 140 Å². The molecule has 1 N–H and O–H groups in total. The molecule has 39 heavy (non-hydrogen) atoms. The smallest absolute Gasteiger partial charge is 0.337 e. The van der Waals surface area contributed by atoms with Gasteiger partial charge in [0.2, 0.25) is 0 Å². The predicted octanol–water partition coefficient (Wildman–Crippen LogP) is 6.79. The van der Waals surface area contributed by atoms with Crippen LogP contribution in [0.5, 0.6) is 5.75 Å². The van der Waals surface area contributed by atoms with E-state index in [1.165, 1.54) is 0 Å². The first-order valence-corrected chi connectivity index (χ1v) is 12.8. The van der Waals surface area contributed by atoms with Crippen molar-refractivity contribution < 1.29 is 24.2 Å². The molecule has 4 aromatic rings. The predicted molar refractivity (Wildman–Crippen MR) is 150 cm³/mol. The Labute approximate surface area is 227 Å². The van der Waals surface area contributed by atoms with Gasteiger partial charge in [0.05, 0.1) is 5.56 Å². The fourth-order valence-electron chi connectivity index (χ4n) is 4.58. The minimum atomic E-state index is -1.22. The van der Waals surface area contributed by atoms with Crippen LogP contribution in [0, 0.1) is 0 Å². The number of hydrogen-bond donors (Lipinski definition) is 1. The summed E-state index contributed by atoms with van der Waals surface area (Å²) in [4.78, 5) is 25.6. The minimum Gasteiger partial charge on any atom is -0.489 e. The topological polar surface area (TPSA) is 72.8 Å². The Morgan fingerprint density at radius 1 is 0.744 bits per heavy atom. The molecule has 0 heterocycles. The maximum absolute atomic E-state index is 13.2. The zero-order valence-corrected chi connectivity index (χ0v) is 21.2. The molecule has 0 fully saturated rings. The van der Waals surface area contributed by atoms with Crippen LogP contribution in [0.4, 0.5) is 0 Å². The second-order valence-electron chi connectivity index (χ2n) is 9.34. The van der Waals surface area contributed by atoms with Crippen molar-refractivity contribution in [3.63, 3.8) is 0 Å². The van der Waals surface area contributed by atoms with E-state index >= 15 is 0 Å². The second-order valence-corrected chi connectivity index (χ2v) is 9.34. The van der Waals surface area contributed by atoms with Gasteiger partial charge in [-0.2, -0.15) is 0 Å². The number of para-hydroxylation sites is 1. The van der Waals surface area contributed by atoms with E-state index in [2.05, 4.69) is 0 Å². The van der Waals surface area contributed by atoms with Crippen molar-refractivity contribution in [1.82, 2.24) is 0 Å². The third-order valence-corrected chi connectivity index (χ3v) is 6.64. The standard InChI is InChI=1S/C34H28O5/c35-31(27-14-6-2-7-15-27)29-18-10-11-19-30(29)38-24-34(39-32(33(36)37)28-16-8-3-9-17-28)22-20-26(21-23-34)25-12-4-1-5-13-25/h1-23,26,32H,24H2,(H,36,37). The van der Waals surface area contributed by atoms with Gasteiger partial charge < -0.3 is 14.6 Å². The number of ether oxygens (including phenoxy) is 2. The van der Waals surface area contributed by atoms with E-state index in [1.807, 2.05) is 78.9 Å². The molecule has 5 rings (SSSR count). The van der Waals surface area contributed by atoms with Crippen LogP contribution >= 0.6 is 0 Å². The molecule has 0 spiro atoms. The Hall–Kier alpha value is -4.74. The summed E-state index contributed by atoms with van der Waals surface area (Å²) in [6, 6.07) is 34.9. The molecular weight excluding hydrogens is 488 g/mol. The Morgan fingerprint density at radius 2 is 1.31 bits per heavy atom. The highest BCUT2D eigenvalue weighted by atomic mass is 16.6. The first-order valence-electron chi connectivity index (χ1n) is 12.8. The summed E-state index contributed by atoms with van der Waals surface area (Å²) in [5.41, 5.74) is 1.42. The zero-order chi connectivity index (χ0) is 27.1. The number of carbonyl (C=O) groups is 2. The molecule has 4 aromatic carbocycles. The molecule has 0 amide bonds. The highest BCUT2D eigenvalue weighted by Crippen LogP contribution is 2.34. The number of ketones is 1. The van der Waals surface area contributed by atoms with Gasteiger partial charge in [-0.25, -0.2) is 4.79 Å². The molecule has 0 saturated carbocycles. The van der Waals surface area contributed by atoms with Crippen molar-refractivity contribution in [3.05, 3.63) is 162 Å².